The molecule has 1 aliphatic rings. The van der Waals surface area contributed by atoms with Gasteiger partial charge in [0.05, 0.1) is 22.8 Å². The van der Waals surface area contributed by atoms with Gasteiger partial charge >= 0.3 is 5.97 Å². The van der Waals surface area contributed by atoms with Gasteiger partial charge in [0.2, 0.25) is 0 Å². The summed E-state index contributed by atoms with van der Waals surface area (Å²) < 4.78 is 6.69. The number of thioether (sulfide) groups is 1. The number of ether oxygens (including phenoxy) is 1. The molecule has 0 amide bonds. The van der Waals surface area contributed by atoms with Crippen molar-refractivity contribution in [3.63, 3.8) is 0 Å². The Kier molecular flexibility index (Phi) is 8.25. The lowest BCUT2D eigenvalue weighted by Crippen LogP contribution is -2.44. The molecule has 8 heteroatoms. The van der Waals surface area contributed by atoms with Gasteiger partial charge in [-0.2, -0.15) is 0 Å². The van der Waals surface area contributed by atoms with Gasteiger partial charge in [-0.3, -0.25) is 9.78 Å². The summed E-state index contributed by atoms with van der Waals surface area (Å²) in [5, 5.41) is 13.0. The Balaban J connectivity index is 1.34. The summed E-state index contributed by atoms with van der Waals surface area (Å²) in [6.07, 6.45) is 4.25. The smallest absolute Gasteiger partial charge is 0.308 e. The molecule has 1 aliphatic heterocycles. The molecule has 4 rings (SSSR count). The Bertz CT molecular complexity index is 1060. The van der Waals surface area contributed by atoms with Crippen LogP contribution < -0.4 is 10.5 Å². The first-order chi connectivity index (χ1) is 16.0. The molecule has 33 heavy (non-hydrogen) atoms. The molecule has 3 aromatic rings. The predicted molar refractivity (Wildman–Crippen MR) is 135 cm³/mol. The molecular formula is C25H31N3O3S2. The van der Waals surface area contributed by atoms with Crippen LogP contribution in [0.4, 0.5) is 0 Å². The van der Waals surface area contributed by atoms with Gasteiger partial charge in [-0.15, -0.1) is 23.1 Å². The molecule has 0 spiro atoms. The van der Waals surface area contributed by atoms with Gasteiger partial charge in [0.15, 0.2) is 0 Å². The van der Waals surface area contributed by atoms with E-state index in [1.54, 1.807) is 24.6 Å². The van der Waals surface area contributed by atoms with Gasteiger partial charge in [-0.05, 0) is 73.0 Å². The van der Waals surface area contributed by atoms with Crippen molar-refractivity contribution in [1.29, 1.82) is 0 Å². The maximum atomic E-state index is 12.0. The number of piperidine rings is 1. The van der Waals surface area contributed by atoms with E-state index in [1.807, 2.05) is 36.0 Å². The number of rotatable bonds is 10. The van der Waals surface area contributed by atoms with Gasteiger partial charge in [-0.25, -0.2) is 0 Å². The van der Waals surface area contributed by atoms with Gasteiger partial charge in [0, 0.05) is 36.5 Å². The van der Waals surface area contributed by atoms with Crippen molar-refractivity contribution in [3.8, 4) is 5.75 Å². The van der Waals surface area contributed by atoms with Crippen LogP contribution in [-0.4, -0.2) is 53.5 Å². The second kappa shape index (κ2) is 11.3. The Hall–Kier alpha value is -2.13. The first-order valence-corrected chi connectivity index (χ1v) is 13.2. The van der Waals surface area contributed by atoms with E-state index in [1.165, 1.54) is 4.21 Å². The molecule has 0 bridgehead atoms. The minimum atomic E-state index is -0.691. The van der Waals surface area contributed by atoms with Crippen molar-refractivity contribution in [2.45, 2.75) is 29.5 Å². The number of benzene rings is 1. The quantitative estimate of drug-likeness (QED) is 0.395. The summed E-state index contributed by atoms with van der Waals surface area (Å²) in [6.45, 7) is 2.49. The van der Waals surface area contributed by atoms with Crippen LogP contribution in [0.15, 0.2) is 52.2 Å². The molecule has 1 aromatic carbocycles. The third kappa shape index (κ3) is 6.06. The van der Waals surface area contributed by atoms with E-state index in [2.05, 4.69) is 27.4 Å². The summed E-state index contributed by atoms with van der Waals surface area (Å²) >= 11 is 3.60. The molecule has 0 unspecified atom stereocenters. The second-order valence-corrected chi connectivity index (χ2v) is 10.9. The minimum Gasteiger partial charge on any atom is -0.497 e. The lowest BCUT2D eigenvalue weighted by atomic mass is 9.81. The highest BCUT2D eigenvalue weighted by molar-refractivity contribution is 8.01. The van der Waals surface area contributed by atoms with Crippen molar-refractivity contribution in [1.82, 2.24) is 9.88 Å². The molecular weight excluding hydrogens is 454 g/mol. The standard InChI is InChI=1S/C25H31N3O3S2/c1-31-18-5-7-23-20(15-18)19(8-10-27-23)22(26)6-4-17-9-11-28(16-21(17)25(29)30)12-14-33-24-3-2-13-32-24/h2-3,5,7-8,10,13,15,17,21-22H,4,6,9,11-12,14,16,26H2,1H3,(H,29,30)/t17-,21+,22+/m1/s1. The number of likely N-dealkylation sites (tertiary alicyclic amines) is 1. The molecule has 1 saturated heterocycles. The monoisotopic (exact) mass is 485 g/mol. The van der Waals surface area contributed by atoms with E-state index in [4.69, 9.17) is 10.5 Å². The predicted octanol–water partition coefficient (Wildman–Crippen LogP) is 4.90. The molecule has 2 aromatic heterocycles. The number of carboxylic acids is 1. The number of hydrogen-bond donors (Lipinski definition) is 2. The molecule has 0 aliphatic carbocycles. The highest BCUT2D eigenvalue weighted by Crippen LogP contribution is 2.33. The SMILES string of the molecule is COc1ccc2nccc([C@@H](N)CC[C@@H]3CCN(CCSc4cccs4)C[C@@H]3C(=O)O)c2c1. The van der Waals surface area contributed by atoms with Crippen LogP contribution in [0, 0.1) is 11.8 Å². The Morgan fingerprint density at radius 1 is 1.39 bits per heavy atom. The van der Waals surface area contributed by atoms with Gasteiger partial charge in [-0.1, -0.05) is 6.07 Å². The zero-order valence-corrected chi connectivity index (χ0v) is 20.5. The number of carbonyl (C=O) groups is 1. The van der Waals surface area contributed by atoms with Gasteiger partial charge in [0.1, 0.15) is 5.75 Å². The lowest BCUT2D eigenvalue weighted by Gasteiger charge is -2.37. The van der Waals surface area contributed by atoms with Crippen LogP contribution in [0.25, 0.3) is 10.9 Å². The first kappa shape index (κ1) is 24.0. The number of aliphatic carboxylic acids is 1. The van der Waals surface area contributed by atoms with E-state index in [9.17, 15) is 9.90 Å². The maximum Gasteiger partial charge on any atom is 0.308 e. The van der Waals surface area contributed by atoms with Crippen molar-refractivity contribution < 1.29 is 14.6 Å². The number of nitrogens with zero attached hydrogens (tertiary/aromatic N) is 2. The Morgan fingerprint density at radius 2 is 2.27 bits per heavy atom. The van der Waals surface area contributed by atoms with Crippen LogP contribution in [0.1, 0.15) is 30.9 Å². The van der Waals surface area contributed by atoms with E-state index < -0.39 is 5.97 Å². The summed E-state index contributed by atoms with van der Waals surface area (Å²) in [6, 6.07) is 11.8. The topological polar surface area (TPSA) is 88.7 Å². The molecule has 3 atom stereocenters. The molecule has 176 valence electrons. The van der Waals surface area contributed by atoms with E-state index >= 15 is 0 Å². The number of carboxylic acid groups (broad SMARTS) is 1. The molecule has 6 nitrogen and oxygen atoms in total. The summed E-state index contributed by atoms with van der Waals surface area (Å²) in [4.78, 5) is 18.8. The largest absolute Gasteiger partial charge is 0.497 e. The Morgan fingerprint density at radius 3 is 3.03 bits per heavy atom. The molecule has 3 N–H and O–H groups in total. The van der Waals surface area contributed by atoms with Gasteiger partial charge in [0.25, 0.3) is 0 Å². The fourth-order valence-electron chi connectivity index (χ4n) is 4.66. The van der Waals surface area contributed by atoms with Crippen LogP contribution in [0.5, 0.6) is 5.75 Å². The number of fused-ring (bicyclic) bond motifs is 1. The first-order valence-electron chi connectivity index (χ1n) is 11.3. The van der Waals surface area contributed by atoms with E-state index in [0.717, 1.165) is 60.3 Å². The van der Waals surface area contributed by atoms with Crippen LogP contribution in [0.2, 0.25) is 0 Å². The number of hydrogen-bond acceptors (Lipinski definition) is 7. The number of methoxy groups -OCH3 is 1. The average Bonchev–Trinajstić information content (AvgIpc) is 3.35. The third-order valence-electron chi connectivity index (χ3n) is 6.53. The van der Waals surface area contributed by atoms with E-state index in [-0.39, 0.29) is 17.9 Å². The number of aromatic nitrogens is 1. The number of pyridine rings is 1. The molecule has 1 fully saturated rings. The average molecular weight is 486 g/mol. The highest BCUT2D eigenvalue weighted by Gasteiger charge is 2.34. The highest BCUT2D eigenvalue weighted by atomic mass is 32.2. The summed E-state index contributed by atoms with van der Waals surface area (Å²) in [7, 11) is 1.65. The molecule has 3 heterocycles. The fraction of sp³-hybridized carbons (Fsp3) is 0.440. The van der Waals surface area contributed by atoms with Crippen LogP contribution in [0.3, 0.4) is 0 Å². The number of nitrogens with two attached hydrogens (primary N) is 1. The zero-order valence-electron chi connectivity index (χ0n) is 18.9. The minimum absolute atomic E-state index is 0.150. The third-order valence-corrected chi connectivity index (χ3v) is 8.65. The van der Waals surface area contributed by atoms with Crippen LogP contribution >= 0.6 is 23.1 Å². The van der Waals surface area contributed by atoms with Crippen molar-refractivity contribution in [3.05, 3.63) is 53.5 Å². The number of thiophene rings is 1. The van der Waals surface area contributed by atoms with Crippen molar-refractivity contribution >= 4 is 40.0 Å². The normalized spacial score (nSPS) is 20.1. The summed E-state index contributed by atoms with van der Waals surface area (Å²) in [5.41, 5.74) is 8.53. The lowest BCUT2D eigenvalue weighted by molar-refractivity contribution is -0.146. The second-order valence-electron chi connectivity index (χ2n) is 8.54. The fourth-order valence-corrected chi connectivity index (χ4v) is 6.53. The van der Waals surface area contributed by atoms with Crippen molar-refractivity contribution in [2.24, 2.45) is 17.6 Å². The Labute approximate surface area is 203 Å². The zero-order chi connectivity index (χ0) is 23.2. The van der Waals surface area contributed by atoms with Crippen molar-refractivity contribution in [2.75, 3.05) is 32.5 Å². The molecule has 0 radical (unpaired) electrons. The molecule has 0 saturated carbocycles. The van der Waals surface area contributed by atoms with Gasteiger partial charge < -0.3 is 20.5 Å². The summed E-state index contributed by atoms with van der Waals surface area (Å²) in [5.74, 6) is 0.883. The maximum absolute atomic E-state index is 12.0. The van der Waals surface area contributed by atoms with E-state index in [0.29, 0.717) is 6.54 Å². The van der Waals surface area contributed by atoms with Crippen LogP contribution in [-0.2, 0) is 4.79 Å².